The molecule has 0 heterocycles. The molecule has 3 rings (SSSR count). The van der Waals surface area contributed by atoms with Gasteiger partial charge in [-0.3, -0.25) is 0 Å². The Morgan fingerprint density at radius 3 is 1.76 bits per heavy atom. The molecule has 0 bridgehead atoms. The zero-order valence-electron chi connectivity index (χ0n) is 15.3. The van der Waals surface area contributed by atoms with Gasteiger partial charge in [-0.05, 0) is 6.92 Å². The van der Waals surface area contributed by atoms with Gasteiger partial charge in [0.1, 0.15) is 0 Å². The van der Waals surface area contributed by atoms with E-state index < -0.39 is 24.9 Å². The van der Waals surface area contributed by atoms with Crippen LogP contribution in [0.5, 0.6) is 0 Å². The van der Waals surface area contributed by atoms with E-state index in [0.29, 0.717) is 0 Å². The van der Waals surface area contributed by atoms with Gasteiger partial charge in [-0.25, -0.2) is 0 Å². The molecule has 0 aliphatic carbocycles. The summed E-state index contributed by atoms with van der Waals surface area (Å²) in [7, 11) is 2.13. The molecule has 0 N–H and O–H groups in total. The van der Waals surface area contributed by atoms with Crippen LogP contribution in [-0.4, -0.2) is 16.1 Å². The molecular weight excluding hydrogens is 493 g/mol. The summed E-state index contributed by atoms with van der Waals surface area (Å²) in [5.41, 5.74) is 3.61. The smallest absolute Gasteiger partial charge is 0.0398 e. The molecule has 0 radical (unpaired) electrons. The number of hydrogen-bond donors (Lipinski definition) is 0. The van der Waals surface area contributed by atoms with Crippen molar-refractivity contribution in [2.75, 3.05) is 7.05 Å². The van der Waals surface area contributed by atoms with Crippen molar-refractivity contribution in [3.63, 3.8) is 0 Å². The molecule has 0 saturated heterocycles. The fourth-order valence-electron chi connectivity index (χ4n) is 2.24. The summed E-state index contributed by atoms with van der Waals surface area (Å²) in [6, 6.07) is 29.3. The van der Waals surface area contributed by atoms with Crippen LogP contribution < -0.4 is 3.07 Å². The second-order valence-corrected chi connectivity index (χ2v) is 14.4. The molecule has 0 atom stereocenters. The summed E-state index contributed by atoms with van der Waals surface area (Å²) in [4.78, 5) is 4.50. The number of aryl methyl sites for hydroxylation is 2. The second-order valence-electron chi connectivity index (χ2n) is 6.14. The fourth-order valence-corrected chi connectivity index (χ4v) is 6.99. The molecule has 0 aliphatic rings. The van der Waals surface area contributed by atoms with E-state index in [2.05, 4.69) is 95.3 Å². The van der Waals surface area contributed by atoms with Gasteiger partial charge >= 0.3 is 122 Å². The molecule has 3 aromatic rings. The van der Waals surface area contributed by atoms with Gasteiger partial charge in [0.2, 0.25) is 0 Å². The van der Waals surface area contributed by atoms with Gasteiger partial charge < -0.3 is 0 Å². The van der Waals surface area contributed by atoms with E-state index in [-0.39, 0.29) is 0 Å². The van der Waals surface area contributed by atoms with E-state index in [1.807, 2.05) is 24.5 Å². The molecule has 0 fully saturated rings. The standard InChI is InChI=1S/C9H11N2.C7H8.C6H5.Hg/c1-8-3-5-9(6-4-8)11-7-10-2;1-7-5-3-2-4-6-7;1-2-4-6-5-3-1;/h3-7H,1-2H3;2-6H,1H3;1-5H;/q-1;;;+1. The molecule has 124 valence electrons. The van der Waals surface area contributed by atoms with E-state index >= 15 is 0 Å². The Morgan fingerprint density at radius 1 is 0.720 bits per heavy atom. The van der Waals surface area contributed by atoms with Crippen LogP contribution in [0.2, 0.25) is 0 Å². The SMILES string of the molecule is Cc1ccc(N=C[N](C)[Hg][c]2ccccc2)cc1.Cc1ccccc1. The largest absolute Gasteiger partial charge is 0.0622 e. The Labute approximate surface area is 164 Å². The van der Waals surface area contributed by atoms with Gasteiger partial charge in [0.15, 0.2) is 0 Å². The van der Waals surface area contributed by atoms with E-state index in [1.165, 1.54) is 14.2 Å². The van der Waals surface area contributed by atoms with Crippen LogP contribution in [0.1, 0.15) is 11.1 Å². The van der Waals surface area contributed by atoms with Crippen LogP contribution in [0, 0.1) is 13.8 Å². The van der Waals surface area contributed by atoms with Crippen LogP contribution in [0.4, 0.5) is 5.69 Å². The van der Waals surface area contributed by atoms with Gasteiger partial charge in [-0.15, -0.1) is 0 Å². The summed E-state index contributed by atoms with van der Waals surface area (Å²) >= 11 is -1.21. The van der Waals surface area contributed by atoms with Crippen molar-refractivity contribution in [3.05, 3.63) is 96.1 Å². The minimum atomic E-state index is -1.21. The van der Waals surface area contributed by atoms with Crippen molar-refractivity contribution in [2.45, 2.75) is 13.8 Å². The predicted octanol–water partition coefficient (Wildman–Crippen LogP) is 4.90. The van der Waals surface area contributed by atoms with Crippen molar-refractivity contribution < 1.29 is 24.9 Å². The number of benzene rings is 3. The molecule has 0 spiro atoms. The Hall–Kier alpha value is -1.93. The van der Waals surface area contributed by atoms with Gasteiger partial charge in [-0.1, -0.05) is 35.9 Å². The molecule has 0 saturated carbocycles. The molecule has 0 aliphatic heterocycles. The summed E-state index contributed by atoms with van der Waals surface area (Å²) in [5.74, 6) is 0. The third-order valence-corrected chi connectivity index (χ3v) is 9.48. The molecule has 25 heavy (non-hydrogen) atoms. The van der Waals surface area contributed by atoms with Crippen LogP contribution in [0.25, 0.3) is 0 Å². The van der Waals surface area contributed by atoms with Gasteiger partial charge in [-0.2, -0.15) is 0 Å². The summed E-state index contributed by atoms with van der Waals surface area (Å²) in [6.07, 6.45) is 1.97. The Morgan fingerprint density at radius 2 is 1.24 bits per heavy atom. The fraction of sp³-hybridized carbons (Fsp3) is 0.136. The maximum atomic E-state index is 4.50. The van der Waals surface area contributed by atoms with E-state index in [1.54, 1.807) is 0 Å². The van der Waals surface area contributed by atoms with Crippen LogP contribution in [0.15, 0.2) is 89.9 Å². The molecule has 0 aromatic heterocycles. The minimum absolute atomic E-state index is 1.02. The number of hydrogen-bond acceptors (Lipinski definition) is 1. The average molecular weight is 517 g/mol. The molecule has 2 nitrogen and oxygen atoms in total. The predicted molar refractivity (Wildman–Crippen MR) is 104 cm³/mol. The first-order valence-corrected chi connectivity index (χ1v) is 13.7. The third kappa shape index (κ3) is 8.13. The van der Waals surface area contributed by atoms with Crippen LogP contribution in [-0.2, 0) is 24.9 Å². The maximum Gasteiger partial charge on any atom is -0.0398 e. The third-order valence-electron chi connectivity index (χ3n) is 3.65. The average Bonchev–Trinajstić information content (AvgIpc) is 2.63. The number of rotatable bonds is 4. The molecule has 0 unspecified atom stereocenters. The maximum absolute atomic E-state index is 4.50. The van der Waals surface area contributed by atoms with Crippen molar-refractivity contribution in [2.24, 2.45) is 4.99 Å². The topological polar surface area (TPSA) is 15.6 Å². The Bertz CT molecular complexity index is 753. The first kappa shape index (κ1) is 19.4. The van der Waals surface area contributed by atoms with Crippen LogP contribution in [0.3, 0.4) is 0 Å². The Kier molecular flexibility index (Phi) is 8.40. The normalized spacial score (nSPS) is 9.88. The first-order valence-electron chi connectivity index (χ1n) is 8.50. The summed E-state index contributed by atoms with van der Waals surface area (Å²) in [5, 5.41) is 0. The first-order chi connectivity index (χ1) is 12.1. The molecular formula is C22H24HgN2. The number of nitrogens with zero attached hydrogens (tertiary/aromatic N) is 2. The minimum Gasteiger partial charge on any atom is -0.0622 e. The second kappa shape index (κ2) is 10.8. The zero-order valence-corrected chi connectivity index (χ0v) is 20.8. The van der Waals surface area contributed by atoms with Gasteiger partial charge in [0.05, 0.1) is 0 Å². The summed E-state index contributed by atoms with van der Waals surface area (Å²) in [6.45, 7) is 4.17. The molecule has 0 amide bonds. The Balaban J connectivity index is 0.000000269. The molecule has 3 aromatic carbocycles. The zero-order chi connectivity index (χ0) is 17.9. The van der Waals surface area contributed by atoms with Gasteiger partial charge in [0.25, 0.3) is 0 Å². The van der Waals surface area contributed by atoms with Crippen molar-refractivity contribution in [1.29, 1.82) is 0 Å². The van der Waals surface area contributed by atoms with Crippen molar-refractivity contribution in [1.82, 2.24) is 2.66 Å². The van der Waals surface area contributed by atoms with Gasteiger partial charge in [0, 0.05) is 0 Å². The quantitative estimate of drug-likeness (QED) is 0.273. The monoisotopic (exact) mass is 518 g/mol. The molecule has 3 heteroatoms. The van der Waals surface area contributed by atoms with E-state index in [4.69, 9.17) is 0 Å². The van der Waals surface area contributed by atoms with E-state index in [0.717, 1.165) is 5.69 Å². The van der Waals surface area contributed by atoms with Crippen LogP contribution >= 0.6 is 0 Å². The number of aliphatic imine (C=N–C) groups is 1. The van der Waals surface area contributed by atoms with Crippen molar-refractivity contribution in [3.8, 4) is 0 Å². The van der Waals surface area contributed by atoms with E-state index in [9.17, 15) is 0 Å². The summed E-state index contributed by atoms with van der Waals surface area (Å²) < 4.78 is 3.81. The van der Waals surface area contributed by atoms with Crippen molar-refractivity contribution >= 4 is 15.1 Å².